The van der Waals surface area contributed by atoms with E-state index in [4.69, 9.17) is 16.3 Å². The van der Waals surface area contributed by atoms with Crippen molar-refractivity contribution < 1.29 is 9.53 Å². The first-order valence-electron chi connectivity index (χ1n) is 8.76. The lowest BCUT2D eigenvalue weighted by molar-refractivity contribution is -0.120. The third-order valence-electron chi connectivity index (χ3n) is 4.77. The Hall–Kier alpha value is -2.24. The number of methoxy groups -OCH3 is 1. The zero-order valence-corrected chi connectivity index (χ0v) is 15.9. The molecule has 1 fully saturated rings. The number of ether oxygens (including phenoxy) is 1. The van der Waals surface area contributed by atoms with Crippen molar-refractivity contribution in [2.75, 3.05) is 43.5 Å². The summed E-state index contributed by atoms with van der Waals surface area (Å²) in [6, 6.07) is 15.1. The van der Waals surface area contributed by atoms with Gasteiger partial charge in [-0.15, -0.1) is 0 Å². The molecular formula is C20H24ClN3O2. The number of piperazine rings is 1. The second-order valence-corrected chi connectivity index (χ2v) is 6.83. The minimum atomic E-state index is -0.182. The number of rotatable bonds is 5. The normalized spacial score (nSPS) is 16.2. The molecule has 3 rings (SSSR count). The van der Waals surface area contributed by atoms with Gasteiger partial charge in [-0.05, 0) is 43.3 Å². The van der Waals surface area contributed by atoms with E-state index in [0.717, 1.165) is 43.3 Å². The largest absolute Gasteiger partial charge is 0.497 e. The Bertz CT molecular complexity index is 743. The van der Waals surface area contributed by atoms with Crippen LogP contribution < -0.4 is 15.0 Å². The number of hydrogen-bond donors (Lipinski definition) is 1. The minimum absolute atomic E-state index is 0.00199. The fourth-order valence-corrected chi connectivity index (χ4v) is 3.25. The predicted molar refractivity (Wildman–Crippen MR) is 106 cm³/mol. The van der Waals surface area contributed by atoms with Crippen molar-refractivity contribution in [3.05, 3.63) is 53.6 Å². The molecule has 1 aliphatic rings. The number of carbonyl (C=O) groups is 1. The van der Waals surface area contributed by atoms with Crippen LogP contribution in [0.1, 0.15) is 6.92 Å². The first-order valence-corrected chi connectivity index (χ1v) is 9.14. The molecular weight excluding hydrogens is 350 g/mol. The fourth-order valence-electron chi connectivity index (χ4n) is 3.12. The predicted octanol–water partition coefficient (Wildman–Crippen LogP) is 3.50. The Kier molecular flexibility index (Phi) is 6.01. The molecule has 0 spiro atoms. The molecule has 2 aromatic rings. The molecule has 0 radical (unpaired) electrons. The SMILES string of the molecule is COc1cccc(N2CCN([C@H](C)C(=O)Nc3ccc(Cl)cc3)CC2)c1. The summed E-state index contributed by atoms with van der Waals surface area (Å²) in [6.07, 6.45) is 0. The molecule has 0 unspecified atom stereocenters. The lowest BCUT2D eigenvalue weighted by Crippen LogP contribution is -2.52. The summed E-state index contributed by atoms with van der Waals surface area (Å²) in [5.74, 6) is 0.864. The van der Waals surface area contributed by atoms with E-state index in [2.05, 4.69) is 21.2 Å². The van der Waals surface area contributed by atoms with E-state index in [1.807, 2.05) is 37.3 Å². The van der Waals surface area contributed by atoms with Gasteiger partial charge in [0.1, 0.15) is 5.75 Å². The molecule has 1 saturated heterocycles. The first-order chi connectivity index (χ1) is 12.6. The Morgan fingerprint density at radius 1 is 1.12 bits per heavy atom. The standard InChI is InChI=1S/C20H24ClN3O2/c1-15(20(25)22-17-8-6-16(21)7-9-17)23-10-12-24(13-11-23)18-4-3-5-19(14-18)26-2/h3-9,14-15H,10-13H2,1-2H3,(H,22,25)/t15-/m1/s1. The molecule has 0 aromatic heterocycles. The molecule has 5 nitrogen and oxygen atoms in total. The van der Waals surface area contributed by atoms with Gasteiger partial charge in [0, 0.05) is 48.6 Å². The van der Waals surface area contributed by atoms with Crippen LogP contribution in [0.5, 0.6) is 5.75 Å². The van der Waals surface area contributed by atoms with Gasteiger partial charge in [0.2, 0.25) is 5.91 Å². The summed E-state index contributed by atoms with van der Waals surface area (Å²) in [6.45, 7) is 5.39. The van der Waals surface area contributed by atoms with Gasteiger partial charge < -0.3 is 15.0 Å². The van der Waals surface area contributed by atoms with Crippen LogP contribution >= 0.6 is 11.6 Å². The highest BCUT2D eigenvalue weighted by molar-refractivity contribution is 6.30. The van der Waals surface area contributed by atoms with Crippen molar-refractivity contribution in [1.82, 2.24) is 4.90 Å². The van der Waals surface area contributed by atoms with Crippen molar-refractivity contribution in [3.63, 3.8) is 0 Å². The number of nitrogens with zero attached hydrogens (tertiary/aromatic N) is 2. The van der Waals surface area contributed by atoms with E-state index in [0.29, 0.717) is 5.02 Å². The van der Waals surface area contributed by atoms with Crippen LogP contribution in [0.15, 0.2) is 48.5 Å². The van der Waals surface area contributed by atoms with E-state index >= 15 is 0 Å². The Labute approximate surface area is 159 Å². The van der Waals surface area contributed by atoms with E-state index in [-0.39, 0.29) is 11.9 Å². The highest BCUT2D eigenvalue weighted by atomic mass is 35.5. The summed E-state index contributed by atoms with van der Waals surface area (Å²) in [5, 5.41) is 3.61. The van der Waals surface area contributed by atoms with Gasteiger partial charge in [-0.3, -0.25) is 9.69 Å². The maximum atomic E-state index is 12.5. The van der Waals surface area contributed by atoms with Crippen LogP contribution in [0.4, 0.5) is 11.4 Å². The fraction of sp³-hybridized carbons (Fsp3) is 0.350. The number of carbonyl (C=O) groups excluding carboxylic acids is 1. The smallest absolute Gasteiger partial charge is 0.241 e. The lowest BCUT2D eigenvalue weighted by Gasteiger charge is -2.38. The summed E-state index contributed by atoms with van der Waals surface area (Å²) < 4.78 is 5.30. The van der Waals surface area contributed by atoms with Crippen LogP contribution in [0.3, 0.4) is 0 Å². The van der Waals surface area contributed by atoms with Crippen LogP contribution in [0.25, 0.3) is 0 Å². The third kappa shape index (κ3) is 4.48. The Morgan fingerprint density at radius 2 is 1.81 bits per heavy atom. The van der Waals surface area contributed by atoms with E-state index in [1.165, 1.54) is 0 Å². The van der Waals surface area contributed by atoms with Crippen molar-refractivity contribution in [2.45, 2.75) is 13.0 Å². The number of halogens is 1. The lowest BCUT2D eigenvalue weighted by atomic mass is 10.2. The summed E-state index contributed by atoms with van der Waals surface area (Å²) in [5.41, 5.74) is 1.92. The van der Waals surface area contributed by atoms with Gasteiger partial charge in [0.05, 0.1) is 13.2 Å². The molecule has 6 heteroatoms. The zero-order chi connectivity index (χ0) is 18.5. The summed E-state index contributed by atoms with van der Waals surface area (Å²) in [4.78, 5) is 17.0. The summed E-state index contributed by atoms with van der Waals surface area (Å²) in [7, 11) is 1.68. The maximum Gasteiger partial charge on any atom is 0.241 e. The van der Waals surface area contributed by atoms with E-state index < -0.39 is 0 Å². The molecule has 0 aliphatic carbocycles. The number of nitrogens with one attached hydrogen (secondary N) is 1. The van der Waals surface area contributed by atoms with Gasteiger partial charge in [-0.1, -0.05) is 17.7 Å². The third-order valence-corrected chi connectivity index (χ3v) is 5.02. The number of benzene rings is 2. The molecule has 2 aromatic carbocycles. The maximum absolute atomic E-state index is 12.5. The van der Waals surface area contributed by atoms with Crippen LogP contribution in [0.2, 0.25) is 5.02 Å². The topological polar surface area (TPSA) is 44.8 Å². The summed E-state index contributed by atoms with van der Waals surface area (Å²) >= 11 is 5.88. The molecule has 0 saturated carbocycles. The second-order valence-electron chi connectivity index (χ2n) is 6.40. The van der Waals surface area contributed by atoms with Crippen molar-refractivity contribution >= 4 is 28.9 Å². The molecule has 138 valence electrons. The monoisotopic (exact) mass is 373 g/mol. The highest BCUT2D eigenvalue weighted by Crippen LogP contribution is 2.22. The minimum Gasteiger partial charge on any atom is -0.497 e. The van der Waals surface area contributed by atoms with E-state index in [1.54, 1.807) is 19.2 Å². The average Bonchev–Trinajstić information content (AvgIpc) is 2.69. The molecule has 1 N–H and O–H groups in total. The average molecular weight is 374 g/mol. The number of hydrogen-bond acceptors (Lipinski definition) is 4. The van der Waals surface area contributed by atoms with Crippen LogP contribution in [-0.2, 0) is 4.79 Å². The second kappa shape index (κ2) is 8.43. The quantitative estimate of drug-likeness (QED) is 0.871. The van der Waals surface area contributed by atoms with Gasteiger partial charge in [-0.2, -0.15) is 0 Å². The number of anilines is 2. The van der Waals surface area contributed by atoms with Gasteiger partial charge >= 0.3 is 0 Å². The van der Waals surface area contributed by atoms with Crippen LogP contribution in [0, 0.1) is 0 Å². The van der Waals surface area contributed by atoms with Gasteiger partial charge in [-0.25, -0.2) is 0 Å². The molecule has 1 aliphatic heterocycles. The van der Waals surface area contributed by atoms with Gasteiger partial charge in [0.15, 0.2) is 0 Å². The van der Waals surface area contributed by atoms with E-state index in [9.17, 15) is 4.79 Å². The zero-order valence-electron chi connectivity index (χ0n) is 15.1. The van der Waals surface area contributed by atoms with Crippen molar-refractivity contribution in [3.8, 4) is 5.75 Å². The highest BCUT2D eigenvalue weighted by Gasteiger charge is 2.25. The van der Waals surface area contributed by atoms with Crippen LogP contribution in [-0.4, -0.2) is 50.1 Å². The van der Waals surface area contributed by atoms with Crippen molar-refractivity contribution in [2.24, 2.45) is 0 Å². The Morgan fingerprint density at radius 3 is 2.46 bits per heavy atom. The molecule has 1 amide bonds. The molecule has 1 heterocycles. The Balaban J connectivity index is 1.55. The molecule has 0 bridgehead atoms. The first kappa shape index (κ1) is 18.5. The number of amides is 1. The molecule has 26 heavy (non-hydrogen) atoms. The molecule has 1 atom stereocenters. The van der Waals surface area contributed by atoms with Crippen molar-refractivity contribution in [1.29, 1.82) is 0 Å². The van der Waals surface area contributed by atoms with Gasteiger partial charge in [0.25, 0.3) is 0 Å².